The van der Waals surface area contributed by atoms with Crippen LogP contribution in [0.2, 0.25) is 0 Å². The Hall–Kier alpha value is -4.05. The van der Waals surface area contributed by atoms with Crippen molar-refractivity contribution in [3.63, 3.8) is 0 Å². The average Bonchev–Trinajstić information content (AvgIpc) is 3.34. The van der Waals surface area contributed by atoms with Gasteiger partial charge in [-0.3, -0.25) is 10.0 Å². The summed E-state index contributed by atoms with van der Waals surface area (Å²) in [5.41, 5.74) is 1.39. The fourth-order valence-electron chi connectivity index (χ4n) is 4.39. The Balaban J connectivity index is 1.80. The number of carbonyl (C=O) groups excluding carboxylic acids is 1. The Kier molecular flexibility index (Phi) is 6.65. The van der Waals surface area contributed by atoms with Gasteiger partial charge >= 0.3 is 12.0 Å². The number of hydrogen-bond donors (Lipinski definition) is 2. The minimum Gasteiger partial charge on any atom is -0.497 e. The van der Waals surface area contributed by atoms with E-state index < -0.39 is 17.4 Å². The van der Waals surface area contributed by atoms with E-state index in [4.69, 9.17) is 14.6 Å². The summed E-state index contributed by atoms with van der Waals surface area (Å²) in [6.45, 7) is 0.361. The summed E-state index contributed by atoms with van der Waals surface area (Å²) in [5.74, 6) is 0.356. The molecule has 3 aromatic rings. The highest BCUT2D eigenvalue weighted by molar-refractivity contribution is 5.82. The van der Waals surface area contributed by atoms with Crippen molar-refractivity contribution in [2.24, 2.45) is 0 Å². The number of aromatic nitrogens is 2. The van der Waals surface area contributed by atoms with Crippen LogP contribution >= 0.6 is 0 Å². The van der Waals surface area contributed by atoms with Crippen molar-refractivity contribution in [2.45, 2.75) is 18.3 Å². The summed E-state index contributed by atoms with van der Waals surface area (Å²) >= 11 is 0. The van der Waals surface area contributed by atoms with Gasteiger partial charge in [0, 0.05) is 25.7 Å². The highest BCUT2D eigenvalue weighted by atomic mass is 16.5. The van der Waals surface area contributed by atoms with Crippen LogP contribution in [0.3, 0.4) is 0 Å². The van der Waals surface area contributed by atoms with E-state index in [-0.39, 0.29) is 25.9 Å². The molecule has 1 aliphatic heterocycles. The second kappa shape index (κ2) is 9.67. The van der Waals surface area contributed by atoms with Crippen LogP contribution in [0.1, 0.15) is 18.5 Å². The van der Waals surface area contributed by atoms with E-state index in [0.717, 1.165) is 11.3 Å². The number of hydrogen-bond acceptors (Lipinski definition) is 6. The highest BCUT2D eigenvalue weighted by Crippen LogP contribution is 2.38. The third-order valence-electron chi connectivity index (χ3n) is 6.46. The van der Waals surface area contributed by atoms with E-state index in [1.807, 2.05) is 48.5 Å². The Morgan fingerprint density at radius 1 is 1.00 bits per heavy atom. The first-order valence-corrected chi connectivity index (χ1v) is 11.1. The van der Waals surface area contributed by atoms with Crippen molar-refractivity contribution in [3.05, 3.63) is 60.3 Å². The van der Waals surface area contributed by atoms with E-state index in [1.54, 1.807) is 25.0 Å². The molecular formula is C25H28N4O6. The van der Waals surface area contributed by atoms with Crippen molar-refractivity contribution < 1.29 is 29.4 Å². The summed E-state index contributed by atoms with van der Waals surface area (Å²) in [7, 11) is 4.42. The maximum absolute atomic E-state index is 12.6. The van der Waals surface area contributed by atoms with Gasteiger partial charge in [0.1, 0.15) is 16.9 Å². The number of piperidine rings is 1. The molecule has 2 aromatic carbocycles. The van der Waals surface area contributed by atoms with Crippen LogP contribution in [-0.4, -0.2) is 76.4 Å². The Bertz CT molecular complexity index is 1210. The second-order valence-electron chi connectivity index (χ2n) is 8.44. The minimum atomic E-state index is -1.28. The fourth-order valence-corrected chi connectivity index (χ4v) is 4.39. The largest absolute Gasteiger partial charge is 0.497 e. The molecule has 2 amide bonds. The first-order chi connectivity index (χ1) is 16.8. The van der Waals surface area contributed by atoms with Crippen LogP contribution < -0.4 is 9.47 Å². The van der Waals surface area contributed by atoms with E-state index in [2.05, 4.69) is 0 Å². The van der Waals surface area contributed by atoms with Crippen molar-refractivity contribution in [2.75, 3.05) is 34.4 Å². The molecule has 0 saturated carbocycles. The molecular weight excluding hydrogens is 452 g/mol. The maximum atomic E-state index is 12.6. The molecule has 0 bridgehead atoms. The van der Waals surface area contributed by atoms with Gasteiger partial charge in [0.2, 0.25) is 0 Å². The zero-order valence-corrected chi connectivity index (χ0v) is 19.8. The number of aliphatic carboxylic acids is 1. The fraction of sp³-hybridized carbons (Fsp3) is 0.320. The van der Waals surface area contributed by atoms with E-state index in [0.29, 0.717) is 28.0 Å². The summed E-state index contributed by atoms with van der Waals surface area (Å²) in [4.78, 5) is 26.2. The second-order valence-corrected chi connectivity index (χ2v) is 8.44. The van der Waals surface area contributed by atoms with Gasteiger partial charge in [0.25, 0.3) is 0 Å². The number of likely N-dealkylation sites (tertiary alicyclic amines) is 1. The summed E-state index contributed by atoms with van der Waals surface area (Å²) in [6, 6.07) is 16.0. The van der Waals surface area contributed by atoms with E-state index in [9.17, 15) is 19.9 Å². The Morgan fingerprint density at radius 3 is 2.23 bits per heavy atom. The standard InChI is InChI=1S/C25H28N4O6/c1-27(33)24(32)28-13-11-25(12-14-28,23(30)31)22-16-21(17-5-4-6-20(15-17)35-3)29(26-22)18-7-9-19(34-2)10-8-18/h4-10,15-16,33H,11-14H2,1-3H3,(H,30,31). The van der Waals surface area contributed by atoms with Crippen LogP contribution in [0, 0.1) is 0 Å². The number of urea groups is 1. The predicted octanol–water partition coefficient (Wildman–Crippen LogP) is 3.42. The lowest BCUT2D eigenvalue weighted by atomic mass is 9.75. The van der Waals surface area contributed by atoms with Gasteiger partial charge in [0.05, 0.1) is 31.3 Å². The van der Waals surface area contributed by atoms with Crippen LogP contribution in [0.5, 0.6) is 11.5 Å². The number of carboxylic acids is 1. The van der Waals surface area contributed by atoms with Gasteiger partial charge in [-0.15, -0.1) is 0 Å². The van der Waals surface area contributed by atoms with Gasteiger partial charge in [-0.1, -0.05) is 12.1 Å². The van der Waals surface area contributed by atoms with Gasteiger partial charge in [-0.05, 0) is 55.3 Å². The quantitative estimate of drug-likeness (QED) is 0.410. The number of benzene rings is 2. The average molecular weight is 481 g/mol. The van der Waals surface area contributed by atoms with Crippen LogP contribution in [0.4, 0.5) is 4.79 Å². The number of ether oxygens (including phenoxy) is 2. The smallest absolute Gasteiger partial charge is 0.343 e. The number of methoxy groups -OCH3 is 2. The normalized spacial score (nSPS) is 14.9. The van der Waals surface area contributed by atoms with E-state index >= 15 is 0 Å². The van der Waals surface area contributed by atoms with Crippen LogP contribution in [0.15, 0.2) is 54.6 Å². The molecule has 10 heteroatoms. The molecule has 10 nitrogen and oxygen atoms in total. The van der Waals surface area contributed by atoms with Gasteiger partial charge < -0.3 is 19.5 Å². The number of rotatable bonds is 6. The monoisotopic (exact) mass is 480 g/mol. The third kappa shape index (κ3) is 4.52. The molecule has 2 N–H and O–H groups in total. The molecule has 2 heterocycles. The van der Waals surface area contributed by atoms with Crippen LogP contribution in [-0.2, 0) is 10.2 Å². The molecule has 0 spiro atoms. The zero-order chi connectivity index (χ0) is 25.2. The number of nitrogens with zero attached hydrogens (tertiary/aromatic N) is 4. The molecule has 0 radical (unpaired) electrons. The molecule has 4 rings (SSSR count). The third-order valence-corrected chi connectivity index (χ3v) is 6.46. The Morgan fingerprint density at radius 2 is 1.66 bits per heavy atom. The lowest BCUT2D eigenvalue weighted by Gasteiger charge is -2.38. The van der Waals surface area contributed by atoms with Crippen molar-refractivity contribution >= 4 is 12.0 Å². The SMILES string of the molecule is COc1ccc(-n2nc(C3(C(=O)O)CCN(C(=O)N(C)O)CC3)cc2-c2cccc(OC)c2)cc1. The van der Waals surface area contributed by atoms with Gasteiger partial charge in [-0.25, -0.2) is 14.5 Å². The molecule has 184 valence electrons. The highest BCUT2D eigenvalue weighted by Gasteiger charge is 2.46. The number of amides is 2. The van der Waals surface area contributed by atoms with Gasteiger partial charge in [-0.2, -0.15) is 5.10 Å². The summed E-state index contributed by atoms with van der Waals surface area (Å²) in [6.07, 6.45) is 0.332. The van der Waals surface area contributed by atoms with Gasteiger partial charge in [0.15, 0.2) is 0 Å². The molecule has 0 aliphatic carbocycles. The van der Waals surface area contributed by atoms with Crippen molar-refractivity contribution in [3.8, 4) is 28.4 Å². The molecule has 1 saturated heterocycles. The molecule has 35 heavy (non-hydrogen) atoms. The molecule has 0 atom stereocenters. The summed E-state index contributed by atoms with van der Waals surface area (Å²) in [5, 5.41) is 25.1. The maximum Gasteiger partial charge on any atom is 0.343 e. The predicted molar refractivity (Wildman–Crippen MR) is 127 cm³/mol. The number of hydroxylamine groups is 2. The lowest BCUT2D eigenvalue weighted by molar-refractivity contribution is -0.146. The van der Waals surface area contributed by atoms with E-state index in [1.165, 1.54) is 11.9 Å². The molecule has 1 aromatic heterocycles. The minimum absolute atomic E-state index is 0.166. The molecule has 0 unspecified atom stereocenters. The van der Waals surface area contributed by atoms with Crippen molar-refractivity contribution in [1.29, 1.82) is 0 Å². The molecule has 1 fully saturated rings. The zero-order valence-electron chi connectivity index (χ0n) is 19.8. The first kappa shape index (κ1) is 24.1. The Labute approximate surface area is 202 Å². The van der Waals surface area contributed by atoms with Crippen molar-refractivity contribution in [1.82, 2.24) is 19.7 Å². The number of carbonyl (C=O) groups is 2. The summed E-state index contributed by atoms with van der Waals surface area (Å²) < 4.78 is 12.4. The first-order valence-electron chi connectivity index (χ1n) is 11.1. The number of carboxylic acid groups (broad SMARTS) is 1. The lowest BCUT2D eigenvalue weighted by Crippen LogP contribution is -2.51. The topological polar surface area (TPSA) is 117 Å². The molecule has 1 aliphatic rings. The van der Waals surface area contributed by atoms with Crippen LogP contribution in [0.25, 0.3) is 16.9 Å².